The Kier molecular flexibility index (Phi) is 5.93. The number of nitrogens with zero attached hydrogens (tertiary/aromatic N) is 6. The maximum Gasteiger partial charge on any atom is 0.409 e. The van der Waals surface area contributed by atoms with Gasteiger partial charge in [0, 0.05) is 36.8 Å². The Balaban J connectivity index is 1.59. The molecule has 0 radical (unpaired) electrons. The number of rotatable bonds is 4. The van der Waals surface area contributed by atoms with E-state index < -0.39 is 0 Å². The average Bonchev–Trinajstić information content (AvgIpc) is 3.21. The number of piperazine rings is 1. The molecule has 4 aromatic rings. The fourth-order valence-corrected chi connectivity index (χ4v) is 4.28. The highest BCUT2D eigenvalue weighted by Gasteiger charge is 2.26. The molecule has 0 spiro atoms. The van der Waals surface area contributed by atoms with Crippen LogP contribution in [0.2, 0.25) is 5.02 Å². The second kappa shape index (κ2) is 9.18. The highest BCUT2D eigenvalue weighted by atomic mass is 35.5. The van der Waals surface area contributed by atoms with Gasteiger partial charge in [-0.25, -0.2) is 14.5 Å². The molecule has 1 aliphatic heterocycles. The lowest BCUT2D eigenvalue weighted by Gasteiger charge is -2.34. The lowest BCUT2D eigenvalue weighted by atomic mass is 10.1. The van der Waals surface area contributed by atoms with Gasteiger partial charge in [-0.15, -0.1) is 5.10 Å². The number of aromatic nitrogens is 4. The van der Waals surface area contributed by atoms with Crippen molar-refractivity contribution in [3.05, 3.63) is 59.6 Å². The number of hydrogen-bond donors (Lipinski definition) is 1. The molecule has 10 heteroatoms. The van der Waals surface area contributed by atoms with E-state index in [2.05, 4.69) is 0 Å². The van der Waals surface area contributed by atoms with Crippen LogP contribution in [0.15, 0.2) is 54.6 Å². The number of carbonyl (C=O) groups is 1. The van der Waals surface area contributed by atoms with E-state index in [1.165, 1.54) is 0 Å². The van der Waals surface area contributed by atoms with Crippen LogP contribution >= 0.6 is 11.6 Å². The van der Waals surface area contributed by atoms with E-state index in [0.717, 1.165) is 11.3 Å². The smallest absolute Gasteiger partial charge is 0.409 e. The Morgan fingerprint density at radius 2 is 1.74 bits per heavy atom. The molecule has 0 atom stereocenters. The summed E-state index contributed by atoms with van der Waals surface area (Å²) in [6.07, 6.45) is -0.301. The summed E-state index contributed by atoms with van der Waals surface area (Å²) in [6.45, 7) is 4.33. The number of para-hydroxylation sites is 1. The molecule has 2 N–H and O–H groups in total. The van der Waals surface area contributed by atoms with Crippen LogP contribution in [0, 0.1) is 0 Å². The van der Waals surface area contributed by atoms with Gasteiger partial charge in [0.2, 0.25) is 5.95 Å². The Bertz CT molecular complexity index is 1330. The second-order valence-electron chi connectivity index (χ2n) is 7.86. The normalized spacial score (nSPS) is 13.9. The first kappa shape index (κ1) is 22.0. The van der Waals surface area contributed by atoms with Crippen molar-refractivity contribution in [2.24, 2.45) is 0 Å². The predicted octanol–water partition coefficient (Wildman–Crippen LogP) is 4.00. The monoisotopic (exact) mass is 477 g/mol. The van der Waals surface area contributed by atoms with Crippen LogP contribution in [-0.4, -0.2) is 63.5 Å². The largest absolute Gasteiger partial charge is 0.450 e. The average molecular weight is 478 g/mol. The van der Waals surface area contributed by atoms with Crippen LogP contribution in [0.4, 0.5) is 16.6 Å². The van der Waals surface area contributed by atoms with Crippen LogP contribution in [0.1, 0.15) is 6.92 Å². The summed E-state index contributed by atoms with van der Waals surface area (Å²) in [5.41, 5.74) is 9.26. The van der Waals surface area contributed by atoms with E-state index in [-0.39, 0.29) is 6.09 Å². The Morgan fingerprint density at radius 1 is 1.03 bits per heavy atom. The molecule has 1 aliphatic rings. The summed E-state index contributed by atoms with van der Waals surface area (Å²) in [7, 11) is 0. The molecule has 0 unspecified atom stereocenters. The minimum atomic E-state index is -0.301. The number of carbonyl (C=O) groups excluding carboxylic acids is 1. The molecular formula is C24H24ClN7O2. The van der Waals surface area contributed by atoms with Gasteiger partial charge in [-0.05, 0) is 25.1 Å². The van der Waals surface area contributed by atoms with Crippen LogP contribution in [-0.2, 0) is 4.74 Å². The number of nitrogen functional groups attached to an aromatic ring is 1. The van der Waals surface area contributed by atoms with Gasteiger partial charge >= 0.3 is 6.09 Å². The first-order chi connectivity index (χ1) is 16.6. The van der Waals surface area contributed by atoms with Gasteiger partial charge in [-0.1, -0.05) is 48.0 Å². The van der Waals surface area contributed by atoms with Crippen molar-refractivity contribution >= 4 is 40.5 Å². The fraction of sp³-hybridized carbons (Fsp3) is 0.250. The van der Waals surface area contributed by atoms with Crippen molar-refractivity contribution < 1.29 is 9.53 Å². The third kappa shape index (κ3) is 3.99. The summed E-state index contributed by atoms with van der Waals surface area (Å²) in [4.78, 5) is 25.5. The maximum absolute atomic E-state index is 12.1. The number of anilines is 2. The lowest BCUT2D eigenvalue weighted by Crippen LogP contribution is -2.49. The highest BCUT2D eigenvalue weighted by Crippen LogP contribution is 2.36. The third-order valence-electron chi connectivity index (χ3n) is 5.78. The number of ether oxygens (including phenoxy) is 1. The molecule has 1 fully saturated rings. The summed E-state index contributed by atoms with van der Waals surface area (Å²) in [5.74, 6) is 0.957. The Hall–Kier alpha value is -3.85. The predicted molar refractivity (Wildman–Crippen MR) is 132 cm³/mol. The lowest BCUT2D eigenvalue weighted by molar-refractivity contribution is 0.105. The van der Waals surface area contributed by atoms with Crippen molar-refractivity contribution in [3.8, 4) is 16.9 Å². The summed E-state index contributed by atoms with van der Waals surface area (Å²) < 4.78 is 6.79. The molecule has 3 heterocycles. The highest BCUT2D eigenvalue weighted by molar-refractivity contribution is 6.33. The Morgan fingerprint density at radius 3 is 2.44 bits per heavy atom. The molecule has 174 valence electrons. The third-order valence-corrected chi connectivity index (χ3v) is 6.11. The maximum atomic E-state index is 12.1. The van der Waals surface area contributed by atoms with Crippen molar-refractivity contribution in [3.63, 3.8) is 0 Å². The summed E-state index contributed by atoms with van der Waals surface area (Å²) in [5, 5.41) is 5.91. The molecule has 2 aromatic heterocycles. The number of halogens is 1. The zero-order chi connectivity index (χ0) is 23.7. The molecule has 9 nitrogen and oxygen atoms in total. The van der Waals surface area contributed by atoms with Gasteiger partial charge in [0.25, 0.3) is 0 Å². The molecule has 0 bridgehead atoms. The molecule has 2 aromatic carbocycles. The summed E-state index contributed by atoms with van der Waals surface area (Å²) >= 11 is 6.56. The number of nitrogens with two attached hydrogens (primary N) is 1. The zero-order valence-corrected chi connectivity index (χ0v) is 19.4. The molecule has 34 heavy (non-hydrogen) atoms. The van der Waals surface area contributed by atoms with Gasteiger partial charge in [-0.2, -0.15) is 4.98 Å². The van der Waals surface area contributed by atoms with Crippen molar-refractivity contribution in [2.75, 3.05) is 43.4 Å². The first-order valence-corrected chi connectivity index (χ1v) is 11.5. The van der Waals surface area contributed by atoms with Gasteiger partial charge < -0.3 is 20.3 Å². The van der Waals surface area contributed by atoms with Crippen LogP contribution in [0.3, 0.4) is 0 Å². The fourth-order valence-electron chi connectivity index (χ4n) is 4.06. The zero-order valence-electron chi connectivity index (χ0n) is 18.7. The van der Waals surface area contributed by atoms with E-state index >= 15 is 0 Å². The Labute approximate surface area is 201 Å². The van der Waals surface area contributed by atoms with Gasteiger partial charge in [0.15, 0.2) is 5.65 Å². The quantitative estimate of drug-likeness (QED) is 0.474. The topological polar surface area (TPSA) is 102 Å². The summed E-state index contributed by atoms with van der Waals surface area (Å²) in [6, 6.07) is 17.2. The number of benzene rings is 2. The molecule has 0 saturated carbocycles. The van der Waals surface area contributed by atoms with Gasteiger partial charge in [0.05, 0.1) is 23.4 Å². The second-order valence-corrected chi connectivity index (χ2v) is 8.26. The molecule has 5 rings (SSSR count). The van der Waals surface area contributed by atoms with Crippen molar-refractivity contribution in [2.45, 2.75) is 6.92 Å². The molecule has 0 aliphatic carbocycles. The van der Waals surface area contributed by atoms with Crippen molar-refractivity contribution in [1.82, 2.24) is 24.6 Å². The number of hydrogen-bond acceptors (Lipinski definition) is 7. The SMILES string of the molecule is CCOC(=O)N1CCN(c2nc(-c3ccccc3Cl)c3c(N)n(-c4ccccc4)nc3n2)CC1. The molecular weight excluding hydrogens is 454 g/mol. The minimum absolute atomic E-state index is 0.301. The van der Waals surface area contributed by atoms with Gasteiger partial charge in [-0.3, -0.25) is 0 Å². The number of amides is 1. The van der Waals surface area contributed by atoms with Crippen molar-refractivity contribution in [1.29, 1.82) is 0 Å². The van der Waals surface area contributed by atoms with Gasteiger partial charge in [0.1, 0.15) is 5.82 Å². The number of fused-ring (bicyclic) bond motifs is 1. The molecule has 1 saturated heterocycles. The minimum Gasteiger partial charge on any atom is -0.450 e. The molecule has 1 amide bonds. The van der Waals surface area contributed by atoms with Crippen LogP contribution < -0.4 is 10.6 Å². The van der Waals surface area contributed by atoms with Crippen LogP contribution in [0.5, 0.6) is 0 Å². The van der Waals surface area contributed by atoms with Crippen LogP contribution in [0.25, 0.3) is 28.0 Å². The van der Waals surface area contributed by atoms with E-state index in [9.17, 15) is 4.79 Å². The van der Waals surface area contributed by atoms with E-state index in [0.29, 0.717) is 66.3 Å². The van der Waals surface area contributed by atoms with E-state index in [1.807, 2.05) is 59.5 Å². The van der Waals surface area contributed by atoms with E-state index in [1.54, 1.807) is 16.5 Å². The first-order valence-electron chi connectivity index (χ1n) is 11.1. The standard InChI is InChI=1S/C24H24ClN7O2/c1-2-34-24(33)31-14-12-30(13-15-31)23-27-20(17-10-6-7-11-18(17)25)19-21(26)32(29-22(19)28-23)16-8-4-3-5-9-16/h3-11H,2,12-15,26H2,1H3. The van der Waals surface area contributed by atoms with E-state index in [4.69, 9.17) is 37.1 Å².